The number of hydrogen-bond acceptors (Lipinski definition) is 4. The third-order valence-corrected chi connectivity index (χ3v) is 1.87. The van der Waals surface area contributed by atoms with Crippen LogP contribution < -0.4 is 5.32 Å². The summed E-state index contributed by atoms with van der Waals surface area (Å²) < 4.78 is 0. The van der Waals surface area contributed by atoms with Crippen LogP contribution >= 0.6 is 0 Å². The first-order chi connectivity index (χ1) is 7.22. The minimum Gasteiger partial charge on any atom is -0.353 e. The molecule has 0 aromatic carbocycles. The fourth-order valence-electron chi connectivity index (χ4n) is 1.25. The quantitative estimate of drug-likeness (QED) is 0.745. The number of nitrogens with zero attached hydrogens (tertiary/aromatic N) is 3. The second-order valence-corrected chi connectivity index (χ2v) is 3.85. The van der Waals surface area contributed by atoms with Crippen LogP contribution in [0.4, 0.5) is 5.95 Å². The van der Waals surface area contributed by atoms with E-state index in [4.69, 9.17) is 5.26 Å². The molecule has 0 aliphatic heterocycles. The molecule has 0 radical (unpaired) electrons. The van der Waals surface area contributed by atoms with E-state index >= 15 is 0 Å². The summed E-state index contributed by atoms with van der Waals surface area (Å²) in [6.45, 7) is 4.93. The van der Waals surface area contributed by atoms with Crippen LogP contribution in [0.15, 0.2) is 12.4 Å². The van der Waals surface area contributed by atoms with Crippen LogP contribution in [0.3, 0.4) is 0 Å². The maximum Gasteiger partial charge on any atom is 0.222 e. The van der Waals surface area contributed by atoms with Crippen molar-refractivity contribution in [3.05, 3.63) is 18.0 Å². The van der Waals surface area contributed by atoms with E-state index in [1.165, 1.54) is 0 Å². The van der Waals surface area contributed by atoms with Gasteiger partial charge >= 0.3 is 0 Å². The molecule has 0 unspecified atom stereocenters. The van der Waals surface area contributed by atoms with Gasteiger partial charge in [-0.05, 0) is 17.9 Å². The summed E-state index contributed by atoms with van der Waals surface area (Å²) in [6, 6.07) is 2.06. The minimum absolute atomic E-state index is 0.469. The van der Waals surface area contributed by atoms with Crippen LogP contribution in [0.2, 0.25) is 0 Å². The van der Waals surface area contributed by atoms with Gasteiger partial charge in [-0.25, -0.2) is 9.97 Å². The lowest BCUT2D eigenvalue weighted by atomic mass is 10.1. The van der Waals surface area contributed by atoms with E-state index in [0.29, 0.717) is 24.8 Å². The Morgan fingerprint density at radius 3 is 2.60 bits per heavy atom. The Labute approximate surface area is 90.4 Å². The van der Waals surface area contributed by atoms with Crippen molar-refractivity contribution in [2.45, 2.75) is 26.7 Å². The second-order valence-electron chi connectivity index (χ2n) is 3.85. The number of aromatic nitrogens is 2. The molecule has 0 saturated carbocycles. The van der Waals surface area contributed by atoms with Crippen molar-refractivity contribution in [3.63, 3.8) is 0 Å². The van der Waals surface area contributed by atoms with E-state index < -0.39 is 0 Å². The minimum atomic E-state index is 0.469. The Morgan fingerprint density at radius 1 is 1.40 bits per heavy atom. The fourth-order valence-corrected chi connectivity index (χ4v) is 1.25. The maximum atomic E-state index is 8.36. The molecule has 1 heterocycles. The van der Waals surface area contributed by atoms with Crippen molar-refractivity contribution in [1.82, 2.24) is 9.97 Å². The number of anilines is 1. The highest BCUT2D eigenvalue weighted by Gasteiger charge is 1.99. The summed E-state index contributed by atoms with van der Waals surface area (Å²) in [4.78, 5) is 8.34. The molecule has 4 heteroatoms. The molecule has 0 saturated heterocycles. The Balaban J connectivity index is 2.46. The number of hydrogen-bond donors (Lipinski definition) is 1. The molecule has 0 fully saturated rings. The third kappa shape index (κ3) is 4.41. The average molecular weight is 204 g/mol. The number of nitriles is 1. The maximum absolute atomic E-state index is 8.36. The van der Waals surface area contributed by atoms with Crippen LogP contribution in [0.25, 0.3) is 0 Å². The first kappa shape index (κ1) is 11.4. The van der Waals surface area contributed by atoms with Crippen molar-refractivity contribution in [3.8, 4) is 6.07 Å². The van der Waals surface area contributed by atoms with Gasteiger partial charge < -0.3 is 5.32 Å². The third-order valence-electron chi connectivity index (χ3n) is 1.87. The van der Waals surface area contributed by atoms with E-state index in [1.807, 2.05) is 12.4 Å². The zero-order chi connectivity index (χ0) is 11.1. The monoisotopic (exact) mass is 204 g/mol. The van der Waals surface area contributed by atoms with E-state index in [1.54, 1.807) is 0 Å². The molecule has 0 spiro atoms. The molecule has 0 bridgehead atoms. The Kier molecular flexibility index (Phi) is 4.55. The van der Waals surface area contributed by atoms with E-state index in [9.17, 15) is 0 Å². The lowest BCUT2D eigenvalue weighted by Crippen LogP contribution is -2.05. The standard InChI is InChI=1S/C11H16N4/c1-9(2)6-10-7-14-11(15-8-10)13-5-3-4-12/h7-9H,3,5-6H2,1-2H3,(H,13,14,15). The summed E-state index contributed by atoms with van der Waals surface area (Å²) in [7, 11) is 0. The van der Waals surface area contributed by atoms with Crippen molar-refractivity contribution in [2.75, 3.05) is 11.9 Å². The highest BCUT2D eigenvalue weighted by atomic mass is 15.1. The van der Waals surface area contributed by atoms with Gasteiger partial charge in [0.1, 0.15) is 0 Å². The molecule has 0 aliphatic carbocycles. The molecule has 1 aromatic heterocycles. The molecular weight excluding hydrogens is 188 g/mol. The molecule has 80 valence electrons. The lowest BCUT2D eigenvalue weighted by molar-refractivity contribution is 0.643. The first-order valence-corrected chi connectivity index (χ1v) is 5.14. The summed E-state index contributed by atoms with van der Waals surface area (Å²) in [5.41, 5.74) is 1.15. The molecule has 4 nitrogen and oxygen atoms in total. The zero-order valence-corrected chi connectivity index (χ0v) is 9.20. The van der Waals surface area contributed by atoms with Crippen molar-refractivity contribution >= 4 is 5.95 Å². The molecule has 1 rings (SSSR count). The summed E-state index contributed by atoms with van der Waals surface area (Å²) in [5, 5.41) is 11.3. The molecule has 0 aliphatic rings. The highest BCUT2D eigenvalue weighted by Crippen LogP contribution is 2.06. The van der Waals surface area contributed by atoms with Gasteiger partial charge in [0.25, 0.3) is 0 Å². The number of nitrogens with one attached hydrogen (secondary N) is 1. The van der Waals surface area contributed by atoms with Crippen LogP contribution in [-0.4, -0.2) is 16.5 Å². The van der Waals surface area contributed by atoms with Crippen molar-refractivity contribution in [1.29, 1.82) is 5.26 Å². The lowest BCUT2D eigenvalue weighted by Gasteiger charge is -2.05. The number of rotatable bonds is 5. The van der Waals surface area contributed by atoms with Crippen molar-refractivity contribution in [2.24, 2.45) is 5.92 Å². The molecule has 15 heavy (non-hydrogen) atoms. The van der Waals surface area contributed by atoms with Gasteiger partial charge in [-0.2, -0.15) is 5.26 Å². The van der Waals surface area contributed by atoms with E-state index in [2.05, 4.69) is 35.2 Å². The van der Waals surface area contributed by atoms with Gasteiger partial charge in [0.05, 0.1) is 12.5 Å². The average Bonchev–Trinajstić information content (AvgIpc) is 2.20. The van der Waals surface area contributed by atoms with E-state index in [0.717, 1.165) is 12.0 Å². The van der Waals surface area contributed by atoms with Gasteiger partial charge in [-0.1, -0.05) is 13.8 Å². The van der Waals surface area contributed by atoms with Crippen LogP contribution in [0.1, 0.15) is 25.8 Å². The SMILES string of the molecule is CC(C)Cc1cnc(NCCC#N)nc1. The summed E-state index contributed by atoms with van der Waals surface area (Å²) in [5.74, 6) is 1.21. The predicted molar refractivity (Wildman–Crippen MR) is 59.3 cm³/mol. The van der Waals surface area contributed by atoms with E-state index in [-0.39, 0.29) is 0 Å². The van der Waals surface area contributed by atoms with Crippen LogP contribution in [0.5, 0.6) is 0 Å². The Morgan fingerprint density at radius 2 is 2.07 bits per heavy atom. The largest absolute Gasteiger partial charge is 0.353 e. The molecule has 1 aromatic rings. The van der Waals surface area contributed by atoms with Crippen LogP contribution in [-0.2, 0) is 6.42 Å². The van der Waals surface area contributed by atoms with Gasteiger partial charge in [0.15, 0.2) is 0 Å². The topological polar surface area (TPSA) is 61.6 Å². The zero-order valence-electron chi connectivity index (χ0n) is 9.20. The first-order valence-electron chi connectivity index (χ1n) is 5.14. The second kappa shape index (κ2) is 5.97. The van der Waals surface area contributed by atoms with Crippen molar-refractivity contribution < 1.29 is 0 Å². The van der Waals surface area contributed by atoms with Crippen LogP contribution in [0, 0.1) is 17.2 Å². The van der Waals surface area contributed by atoms with Gasteiger partial charge in [0, 0.05) is 18.9 Å². The van der Waals surface area contributed by atoms with Gasteiger partial charge in [0.2, 0.25) is 5.95 Å². The molecule has 0 atom stereocenters. The molecular formula is C11H16N4. The van der Waals surface area contributed by atoms with Gasteiger partial charge in [-0.15, -0.1) is 0 Å². The smallest absolute Gasteiger partial charge is 0.222 e. The summed E-state index contributed by atoms with van der Waals surface area (Å²) >= 11 is 0. The Hall–Kier alpha value is -1.63. The fraction of sp³-hybridized carbons (Fsp3) is 0.545. The Bertz CT molecular complexity index is 323. The summed E-state index contributed by atoms with van der Waals surface area (Å²) in [6.07, 6.45) is 5.14. The molecule has 0 amide bonds. The normalized spacial score (nSPS) is 10.0. The van der Waals surface area contributed by atoms with Gasteiger partial charge in [-0.3, -0.25) is 0 Å². The highest BCUT2D eigenvalue weighted by molar-refractivity contribution is 5.24. The molecule has 1 N–H and O–H groups in total. The predicted octanol–water partition coefficient (Wildman–Crippen LogP) is 2.00.